The molecule has 2 aromatic carbocycles. The third kappa shape index (κ3) is 5.36. The molecule has 0 saturated carbocycles. The minimum Gasteiger partial charge on any atom is -0.468 e. The van der Waals surface area contributed by atoms with Gasteiger partial charge in [-0.15, -0.1) is 0 Å². The van der Waals surface area contributed by atoms with Crippen molar-refractivity contribution in [1.82, 2.24) is 4.72 Å². The highest BCUT2D eigenvalue weighted by molar-refractivity contribution is 7.89. The number of rotatable bonds is 7. The maximum atomic E-state index is 12.4. The molecule has 0 aliphatic rings. The first-order valence-corrected chi connectivity index (χ1v) is 10.4. The first-order chi connectivity index (χ1) is 13.3. The maximum absolute atomic E-state index is 12.4. The van der Waals surface area contributed by atoms with Gasteiger partial charge in [-0.1, -0.05) is 35.3 Å². The van der Waals surface area contributed by atoms with Crippen molar-refractivity contribution >= 4 is 44.8 Å². The van der Waals surface area contributed by atoms with Gasteiger partial charge in [0.1, 0.15) is 5.76 Å². The smallest absolute Gasteiger partial charge is 0.241 e. The van der Waals surface area contributed by atoms with Crippen LogP contribution in [-0.4, -0.2) is 14.3 Å². The summed E-state index contributed by atoms with van der Waals surface area (Å²) in [7, 11) is -3.76. The molecule has 0 atom stereocenters. The number of hydrogen-bond donors (Lipinski definition) is 2. The average Bonchev–Trinajstić information content (AvgIpc) is 3.16. The highest BCUT2D eigenvalue weighted by Crippen LogP contribution is 2.22. The minimum atomic E-state index is -3.76. The second-order valence-corrected chi connectivity index (χ2v) is 8.50. The van der Waals surface area contributed by atoms with Gasteiger partial charge in [-0.2, -0.15) is 0 Å². The van der Waals surface area contributed by atoms with Crippen LogP contribution in [0.15, 0.2) is 70.2 Å². The fourth-order valence-corrected chi connectivity index (χ4v) is 3.96. The number of nitrogens with one attached hydrogen (secondary N) is 2. The lowest BCUT2D eigenvalue weighted by Crippen LogP contribution is -2.23. The van der Waals surface area contributed by atoms with E-state index < -0.39 is 10.0 Å². The second kappa shape index (κ2) is 8.79. The van der Waals surface area contributed by atoms with Gasteiger partial charge in [-0.25, -0.2) is 13.1 Å². The van der Waals surface area contributed by atoms with Gasteiger partial charge in [0.25, 0.3) is 0 Å². The molecule has 6 nitrogen and oxygen atoms in total. The fraction of sp³-hybridized carbons (Fsp3) is 0.105. The summed E-state index contributed by atoms with van der Waals surface area (Å²) >= 11 is 11.9. The van der Waals surface area contributed by atoms with E-state index in [-0.39, 0.29) is 23.8 Å². The third-order valence-electron chi connectivity index (χ3n) is 3.81. The summed E-state index contributed by atoms with van der Waals surface area (Å²) in [6.07, 6.45) is 1.50. The lowest BCUT2D eigenvalue weighted by molar-refractivity contribution is -0.115. The number of anilines is 1. The summed E-state index contributed by atoms with van der Waals surface area (Å²) in [4.78, 5) is 12.3. The van der Waals surface area contributed by atoms with Crippen LogP contribution < -0.4 is 10.0 Å². The van der Waals surface area contributed by atoms with Crippen LogP contribution in [0.1, 0.15) is 11.3 Å². The number of amides is 1. The topological polar surface area (TPSA) is 88.4 Å². The summed E-state index contributed by atoms with van der Waals surface area (Å²) in [6.45, 7) is 0.0288. The van der Waals surface area contributed by atoms with Gasteiger partial charge < -0.3 is 9.73 Å². The molecule has 0 radical (unpaired) electrons. The maximum Gasteiger partial charge on any atom is 0.241 e. The van der Waals surface area contributed by atoms with Gasteiger partial charge in [0.15, 0.2) is 0 Å². The van der Waals surface area contributed by atoms with E-state index in [2.05, 4.69) is 10.0 Å². The summed E-state index contributed by atoms with van der Waals surface area (Å²) in [5.41, 5.74) is 0.975. The number of carbonyl (C=O) groups is 1. The summed E-state index contributed by atoms with van der Waals surface area (Å²) < 4.78 is 32.4. The van der Waals surface area contributed by atoms with Crippen LogP contribution in [0.4, 0.5) is 5.69 Å². The van der Waals surface area contributed by atoms with Gasteiger partial charge in [-0.05, 0) is 48.0 Å². The van der Waals surface area contributed by atoms with E-state index in [0.29, 0.717) is 27.1 Å². The predicted molar refractivity (Wildman–Crippen MR) is 108 cm³/mol. The quantitative estimate of drug-likeness (QED) is 0.576. The Morgan fingerprint density at radius 2 is 1.86 bits per heavy atom. The molecule has 3 aromatic rings. The monoisotopic (exact) mass is 438 g/mol. The SMILES string of the molecule is O=C(Cc1ccc(Cl)cc1Cl)Nc1cccc(S(=O)(=O)NCc2ccco2)c1. The van der Waals surface area contributed by atoms with Crippen molar-refractivity contribution in [1.29, 1.82) is 0 Å². The molecule has 0 aliphatic heterocycles. The summed E-state index contributed by atoms with van der Waals surface area (Å²) in [5.74, 6) is 0.162. The number of furan rings is 1. The number of benzene rings is 2. The van der Waals surface area contributed by atoms with Crippen LogP contribution in [-0.2, 0) is 27.8 Å². The lowest BCUT2D eigenvalue weighted by atomic mass is 10.1. The van der Waals surface area contributed by atoms with Crippen LogP contribution in [0.3, 0.4) is 0 Å². The standard InChI is InChI=1S/C19H16Cl2N2O4S/c20-14-7-6-13(18(21)10-14)9-19(24)23-15-3-1-5-17(11-15)28(25,26)22-12-16-4-2-8-27-16/h1-8,10-11,22H,9,12H2,(H,23,24). The lowest BCUT2D eigenvalue weighted by Gasteiger charge is -2.10. The zero-order valence-corrected chi connectivity index (χ0v) is 16.8. The van der Waals surface area contributed by atoms with Gasteiger partial charge in [-0.3, -0.25) is 4.79 Å². The van der Waals surface area contributed by atoms with E-state index >= 15 is 0 Å². The van der Waals surface area contributed by atoms with Gasteiger partial charge in [0, 0.05) is 15.7 Å². The molecular formula is C19H16Cl2N2O4S. The number of hydrogen-bond acceptors (Lipinski definition) is 4. The molecular weight excluding hydrogens is 423 g/mol. The largest absolute Gasteiger partial charge is 0.468 e. The molecule has 1 aromatic heterocycles. The van der Waals surface area contributed by atoms with E-state index in [9.17, 15) is 13.2 Å². The van der Waals surface area contributed by atoms with Crippen molar-refractivity contribution in [2.75, 3.05) is 5.32 Å². The summed E-state index contributed by atoms with van der Waals surface area (Å²) in [5, 5.41) is 3.54. The third-order valence-corrected chi connectivity index (χ3v) is 5.80. The van der Waals surface area contributed by atoms with Crippen molar-refractivity contribution in [2.45, 2.75) is 17.9 Å². The average molecular weight is 439 g/mol. The van der Waals surface area contributed by atoms with Crippen molar-refractivity contribution in [3.05, 3.63) is 82.2 Å². The van der Waals surface area contributed by atoms with Crippen molar-refractivity contribution < 1.29 is 17.6 Å². The Hall–Kier alpha value is -2.32. The van der Waals surface area contributed by atoms with Crippen molar-refractivity contribution in [2.24, 2.45) is 0 Å². The molecule has 9 heteroatoms. The van der Waals surface area contributed by atoms with Crippen LogP contribution in [0.2, 0.25) is 10.0 Å². The van der Waals surface area contributed by atoms with Gasteiger partial charge in [0.05, 0.1) is 24.1 Å². The zero-order valence-electron chi connectivity index (χ0n) is 14.5. The highest BCUT2D eigenvalue weighted by Gasteiger charge is 2.16. The van der Waals surface area contributed by atoms with Crippen LogP contribution in [0.25, 0.3) is 0 Å². The molecule has 0 saturated heterocycles. The predicted octanol–water partition coefficient (Wildman–Crippen LogP) is 4.25. The Kier molecular flexibility index (Phi) is 6.41. The Bertz CT molecular complexity index is 1080. The van der Waals surface area contributed by atoms with Crippen LogP contribution >= 0.6 is 23.2 Å². The van der Waals surface area contributed by atoms with E-state index in [4.69, 9.17) is 27.6 Å². The Morgan fingerprint density at radius 3 is 2.57 bits per heavy atom. The van der Waals surface area contributed by atoms with Crippen molar-refractivity contribution in [3.63, 3.8) is 0 Å². The van der Waals surface area contributed by atoms with E-state index in [1.54, 1.807) is 42.5 Å². The minimum absolute atomic E-state index is 0.0288. The molecule has 1 heterocycles. The van der Waals surface area contributed by atoms with E-state index in [1.165, 1.54) is 18.4 Å². The Morgan fingerprint density at radius 1 is 1.04 bits per heavy atom. The number of sulfonamides is 1. The Balaban J connectivity index is 1.67. The fourth-order valence-electron chi connectivity index (χ4n) is 2.45. The van der Waals surface area contributed by atoms with Crippen molar-refractivity contribution in [3.8, 4) is 0 Å². The summed E-state index contributed by atoms with van der Waals surface area (Å²) in [6, 6.07) is 14.2. The first-order valence-electron chi connectivity index (χ1n) is 8.19. The van der Waals surface area contributed by atoms with Crippen LogP contribution in [0.5, 0.6) is 0 Å². The molecule has 0 unspecified atom stereocenters. The van der Waals surface area contributed by atoms with Gasteiger partial charge >= 0.3 is 0 Å². The molecule has 3 rings (SSSR count). The Labute approximate surface area is 172 Å². The van der Waals surface area contributed by atoms with E-state index in [1.807, 2.05) is 0 Å². The highest BCUT2D eigenvalue weighted by atomic mass is 35.5. The molecule has 146 valence electrons. The molecule has 0 aliphatic carbocycles. The molecule has 0 fully saturated rings. The number of carbonyl (C=O) groups excluding carboxylic acids is 1. The molecule has 28 heavy (non-hydrogen) atoms. The zero-order chi connectivity index (χ0) is 20.1. The van der Waals surface area contributed by atoms with Gasteiger partial charge in [0.2, 0.25) is 15.9 Å². The van der Waals surface area contributed by atoms with Crippen LogP contribution in [0, 0.1) is 0 Å². The van der Waals surface area contributed by atoms with E-state index in [0.717, 1.165) is 0 Å². The second-order valence-electron chi connectivity index (χ2n) is 5.89. The normalized spacial score (nSPS) is 11.4. The first kappa shape index (κ1) is 20.4. The number of halogens is 2. The molecule has 1 amide bonds. The molecule has 0 bridgehead atoms. The molecule has 0 spiro atoms. The molecule has 2 N–H and O–H groups in total.